The largest absolute Gasteiger partial charge is 0.495 e. The quantitative estimate of drug-likeness (QED) is 0.590. The summed E-state index contributed by atoms with van der Waals surface area (Å²) >= 11 is 0. The number of benzene rings is 2. The fraction of sp³-hybridized carbons (Fsp3) is 0.385. The zero-order chi connectivity index (χ0) is 23.7. The molecule has 8 heteroatoms. The number of piperazine rings is 2. The predicted molar refractivity (Wildman–Crippen MR) is 133 cm³/mol. The van der Waals surface area contributed by atoms with Crippen molar-refractivity contribution in [3.63, 3.8) is 0 Å². The first-order valence-corrected chi connectivity index (χ1v) is 11.7. The molecule has 0 unspecified atom stereocenters. The lowest BCUT2D eigenvalue weighted by Crippen LogP contribution is -2.49. The number of ether oxygens (including phenoxy) is 1. The molecule has 0 atom stereocenters. The third-order valence-electron chi connectivity index (χ3n) is 6.78. The first-order valence-electron chi connectivity index (χ1n) is 11.7. The molecule has 34 heavy (non-hydrogen) atoms. The van der Waals surface area contributed by atoms with Gasteiger partial charge in [-0.2, -0.15) is 0 Å². The van der Waals surface area contributed by atoms with E-state index in [0.717, 1.165) is 43.3 Å². The average molecular weight is 463 g/mol. The fourth-order valence-corrected chi connectivity index (χ4v) is 4.76. The number of methoxy groups -OCH3 is 1. The van der Waals surface area contributed by atoms with Crippen LogP contribution in [0, 0.1) is 0 Å². The molecule has 2 fully saturated rings. The van der Waals surface area contributed by atoms with E-state index in [2.05, 4.69) is 21.7 Å². The second-order valence-corrected chi connectivity index (χ2v) is 8.87. The van der Waals surface area contributed by atoms with Gasteiger partial charge in [-0.3, -0.25) is 9.59 Å². The van der Waals surface area contributed by atoms with Crippen LogP contribution in [0.3, 0.4) is 0 Å². The van der Waals surface area contributed by atoms with Crippen LogP contribution in [0.5, 0.6) is 5.75 Å². The molecule has 3 heterocycles. The normalized spacial score (nSPS) is 17.3. The van der Waals surface area contributed by atoms with Gasteiger partial charge in [0.2, 0.25) is 0 Å². The van der Waals surface area contributed by atoms with E-state index in [-0.39, 0.29) is 17.1 Å². The molecule has 1 amide bonds. The molecule has 0 radical (unpaired) electrons. The number of fused-ring (bicyclic) bond motifs is 1. The van der Waals surface area contributed by atoms with Crippen molar-refractivity contribution in [1.29, 1.82) is 0 Å². The van der Waals surface area contributed by atoms with Crippen molar-refractivity contribution in [3.05, 3.63) is 64.5 Å². The van der Waals surface area contributed by atoms with Crippen molar-refractivity contribution in [3.8, 4) is 5.75 Å². The molecular weight excluding hydrogens is 432 g/mol. The zero-order valence-electron chi connectivity index (χ0n) is 19.7. The Morgan fingerprint density at radius 2 is 1.50 bits per heavy atom. The summed E-state index contributed by atoms with van der Waals surface area (Å²) in [5, 5.41) is 0.508. The summed E-state index contributed by atoms with van der Waals surface area (Å²) in [6.07, 6.45) is 0. The standard InChI is InChI=1S/C26H30N4O4/c1-27-10-12-29(13-11-27)21-8-5-6-19-22(31)18-24(34-25(19)21)26(32)30-16-14-28(15-17-30)20-7-3-4-9-23(20)33-2/h3-9,18H,10-17H2,1-2H3. The van der Waals surface area contributed by atoms with Gasteiger partial charge in [-0.1, -0.05) is 18.2 Å². The number of para-hydroxylation sites is 3. The van der Waals surface area contributed by atoms with E-state index in [1.54, 1.807) is 18.1 Å². The Morgan fingerprint density at radius 1 is 0.853 bits per heavy atom. The Labute approximate surface area is 198 Å². The maximum atomic E-state index is 13.3. The molecule has 3 aromatic rings. The van der Waals surface area contributed by atoms with Crippen molar-refractivity contribution in [2.24, 2.45) is 0 Å². The lowest BCUT2D eigenvalue weighted by Gasteiger charge is -2.36. The summed E-state index contributed by atoms with van der Waals surface area (Å²) in [4.78, 5) is 34.7. The lowest BCUT2D eigenvalue weighted by molar-refractivity contribution is 0.0715. The predicted octanol–water partition coefficient (Wildman–Crippen LogP) is 2.52. The summed E-state index contributed by atoms with van der Waals surface area (Å²) in [7, 11) is 3.77. The molecule has 8 nitrogen and oxygen atoms in total. The van der Waals surface area contributed by atoms with Gasteiger partial charge in [0.25, 0.3) is 5.91 Å². The highest BCUT2D eigenvalue weighted by atomic mass is 16.5. The lowest BCUT2D eigenvalue weighted by atomic mass is 10.1. The first kappa shape index (κ1) is 22.3. The molecule has 0 aliphatic carbocycles. The maximum Gasteiger partial charge on any atom is 0.289 e. The number of anilines is 2. The SMILES string of the molecule is COc1ccccc1N1CCN(C(=O)c2cc(=O)c3cccc(N4CCN(C)CC4)c3o2)CC1. The number of likely N-dealkylation sites (N-methyl/N-ethyl adjacent to an activating group) is 1. The molecule has 0 saturated carbocycles. The van der Waals surface area contributed by atoms with Gasteiger partial charge < -0.3 is 28.8 Å². The number of amides is 1. The van der Waals surface area contributed by atoms with Crippen LogP contribution < -0.4 is 20.0 Å². The van der Waals surface area contributed by atoms with Crippen LogP contribution in [0.2, 0.25) is 0 Å². The first-order chi connectivity index (χ1) is 16.5. The van der Waals surface area contributed by atoms with Gasteiger partial charge in [0.15, 0.2) is 16.8 Å². The average Bonchev–Trinajstić information content (AvgIpc) is 2.88. The highest BCUT2D eigenvalue weighted by Crippen LogP contribution is 2.30. The van der Waals surface area contributed by atoms with Gasteiger partial charge in [-0.05, 0) is 31.3 Å². The van der Waals surface area contributed by atoms with Crippen molar-refractivity contribution in [1.82, 2.24) is 9.80 Å². The minimum atomic E-state index is -0.244. The number of hydrogen-bond donors (Lipinski definition) is 0. The van der Waals surface area contributed by atoms with Crippen LogP contribution in [0.25, 0.3) is 11.0 Å². The number of nitrogens with zero attached hydrogens (tertiary/aromatic N) is 4. The Bertz CT molecular complexity index is 1240. The molecule has 178 valence electrons. The van der Waals surface area contributed by atoms with Crippen LogP contribution in [-0.2, 0) is 0 Å². The summed E-state index contributed by atoms with van der Waals surface area (Å²) in [6.45, 7) is 6.01. The maximum absolute atomic E-state index is 13.3. The molecule has 0 N–H and O–H groups in total. The van der Waals surface area contributed by atoms with E-state index in [4.69, 9.17) is 9.15 Å². The van der Waals surface area contributed by atoms with Gasteiger partial charge in [-0.15, -0.1) is 0 Å². The van der Waals surface area contributed by atoms with Gasteiger partial charge in [0.05, 0.1) is 23.9 Å². The monoisotopic (exact) mass is 462 g/mol. The molecule has 2 saturated heterocycles. The number of rotatable bonds is 4. The molecule has 2 aliphatic heterocycles. The number of carbonyl (C=O) groups is 1. The molecule has 2 aliphatic rings. The van der Waals surface area contributed by atoms with Crippen molar-refractivity contribution in [2.75, 3.05) is 76.3 Å². The third-order valence-corrected chi connectivity index (χ3v) is 6.78. The van der Waals surface area contributed by atoms with Gasteiger partial charge in [0, 0.05) is 58.4 Å². The highest BCUT2D eigenvalue weighted by molar-refractivity contribution is 5.95. The second-order valence-electron chi connectivity index (χ2n) is 8.87. The minimum absolute atomic E-state index is 0.102. The van der Waals surface area contributed by atoms with Crippen LogP contribution in [-0.4, -0.2) is 82.2 Å². The molecule has 1 aromatic heterocycles. The number of carbonyl (C=O) groups excluding carboxylic acids is 1. The van der Waals surface area contributed by atoms with Gasteiger partial charge in [0.1, 0.15) is 5.75 Å². The Hall–Kier alpha value is -3.52. The fourth-order valence-electron chi connectivity index (χ4n) is 4.76. The highest BCUT2D eigenvalue weighted by Gasteiger charge is 2.26. The summed E-state index contributed by atoms with van der Waals surface area (Å²) < 4.78 is 11.6. The van der Waals surface area contributed by atoms with Crippen molar-refractivity contribution in [2.45, 2.75) is 0 Å². The molecule has 0 bridgehead atoms. The minimum Gasteiger partial charge on any atom is -0.495 e. The number of hydrogen-bond acceptors (Lipinski definition) is 7. The summed E-state index contributed by atoms with van der Waals surface area (Å²) in [5.41, 5.74) is 2.20. The Balaban J connectivity index is 1.37. The topological polar surface area (TPSA) is 69.5 Å². The van der Waals surface area contributed by atoms with E-state index < -0.39 is 0 Å². The third kappa shape index (κ3) is 4.21. The van der Waals surface area contributed by atoms with Crippen LogP contribution in [0.1, 0.15) is 10.6 Å². The van der Waals surface area contributed by atoms with Crippen molar-refractivity contribution < 1.29 is 13.9 Å². The van der Waals surface area contributed by atoms with Crippen LogP contribution in [0.15, 0.2) is 57.7 Å². The van der Waals surface area contributed by atoms with Crippen LogP contribution in [0.4, 0.5) is 11.4 Å². The van der Waals surface area contributed by atoms with E-state index in [9.17, 15) is 9.59 Å². The van der Waals surface area contributed by atoms with Gasteiger partial charge >= 0.3 is 0 Å². The Morgan fingerprint density at radius 3 is 2.24 bits per heavy atom. The van der Waals surface area contributed by atoms with E-state index in [0.29, 0.717) is 37.1 Å². The molecule has 5 rings (SSSR count). The Kier molecular flexibility index (Phi) is 6.15. The van der Waals surface area contributed by atoms with Crippen molar-refractivity contribution >= 4 is 28.3 Å². The zero-order valence-corrected chi connectivity index (χ0v) is 19.7. The molecular formula is C26H30N4O4. The van der Waals surface area contributed by atoms with E-state index >= 15 is 0 Å². The molecule has 0 spiro atoms. The smallest absolute Gasteiger partial charge is 0.289 e. The summed E-state index contributed by atoms with van der Waals surface area (Å²) in [5.74, 6) is 0.677. The summed E-state index contributed by atoms with van der Waals surface area (Å²) in [6, 6.07) is 14.8. The van der Waals surface area contributed by atoms with Gasteiger partial charge in [-0.25, -0.2) is 0 Å². The van der Waals surface area contributed by atoms with E-state index in [1.807, 2.05) is 36.4 Å². The molecule has 2 aromatic carbocycles. The van der Waals surface area contributed by atoms with Crippen LogP contribution >= 0.6 is 0 Å². The second kappa shape index (κ2) is 9.38. The van der Waals surface area contributed by atoms with E-state index in [1.165, 1.54) is 6.07 Å².